The van der Waals surface area contributed by atoms with Crippen molar-refractivity contribution in [3.63, 3.8) is 0 Å². The van der Waals surface area contributed by atoms with E-state index in [9.17, 15) is 0 Å². The van der Waals surface area contributed by atoms with E-state index < -0.39 is 0 Å². The highest BCUT2D eigenvalue weighted by molar-refractivity contribution is 5.05. The largest absolute Gasteiger partial charge is 0.103 e. The fourth-order valence-corrected chi connectivity index (χ4v) is 1.20. The first-order valence-corrected chi connectivity index (χ1v) is 3.61. The van der Waals surface area contributed by atoms with Crippen LogP contribution in [0.5, 0.6) is 0 Å². The molecule has 0 aromatic carbocycles. The van der Waals surface area contributed by atoms with Crippen LogP contribution in [0.15, 0.2) is 24.3 Å². The van der Waals surface area contributed by atoms with E-state index in [1.807, 2.05) is 0 Å². The number of rotatable bonds is 1. The Hall–Kier alpha value is -0.520. The minimum absolute atomic E-state index is 0.758. The van der Waals surface area contributed by atoms with E-state index in [0.717, 1.165) is 5.92 Å². The van der Waals surface area contributed by atoms with Gasteiger partial charge < -0.3 is 0 Å². The van der Waals surface area contributed by atoms with Gasteiger partial charge in [-0.1, -0.05) is 17.7 Å². The maximum absolute atomic E-state index is 3.78. The minimum Gasteiger partial charge on any atom is -0.103 e. The van der Waals surface area contributed by atoms with Crippen LogP contribution in [0.4, 0.5) is 0 Å². The Balaban J connectivity index is 2.45. The van der Waals surface area contributed by atoms with Gasteiger partial charge in [0.2, 0.25) is 0 Å². The van der Waals surface area contributed by atoms with Gasteiger partial charge in [0.1, 0.15) is 0 Å². The minimum atomic E-state index is 0.758. The van der Waals surface area contributed by atoms with Crippen LogP contribution in [-0.4, -0.2) is 0 Å². The van der Waals surface area contributed by atoms with Crippen LogP contribution in [0.1, 0.15) is 26.2 Å². The van der Waals surface area contributed by atoms with E-state index in [0.29, 0.717) is 0 Å². The van der Waals surface area contributed by atoms with E-state index in [4.69, 9.17) is 0 Å². The van der Waals surface area contributed by atoms with E-state index in [2.05, 4.69) is 25.7 Å². The predicted octanol–water partition coefficient (Wildman–Crippen LogP) is 2.92. The van der Waals surface area contributed by atoms with Crippen molar-refractivity contribution >= 4 is 0 Å². The molecule has 1 atom stereocenters. The molecular weight excluding hydrogens is 108 g/mol. The van der Waals surface area contributed by atoms with Crippen LogP contribution < -0.4 is 0 Å². The van der Waals surface area contributed by atoms with Gasteiger partial charge >= 0.3 is 0 Å². The summed E-state index contributed by atoms with van der Waals surface area (Å²) in [7, 11) is 0. The Kier molecular flexibility index (Phi) is 2.10. The first kappa shape index (κ1) is 6.60. The summed E-state index contributed by atoms with van der Waals surface area (Å²) in [6, 6.07) is 0. The Bertz CT molecular complexity index is 131. The zero-order valence-corrected chi connectivity index (χ0v) is 6.06. The van der Waals surface area contributed by atoms with Crippen molar-refractivity contribution in [3.05, 3.63) is 24.3 Å². The lowest BCUT2D eigenvalue weighted by atomic mass is 9.91. The van der Waals surface area contributed by atoms with Crippen molar-refractivity contribution in [3.8, 4) is 0 Å². The average molecular weight is 122 g/mol. The number of hydrogen-bond donors (Lipinski definition) is 0. The highest BCUT2D eigenvalue weighted by Gasteiger charge is 2.07. The van der Waals surface area contributed by atoms with Crippen molar-refractivity contribution in [2.45, 2.75) is 26.2 Å². The third-order valence-corrected chi connectivity index (χ3v) is 2.01. The molecule has 0 heterocycles. The summed E-state index contributed by atoms with van der Waals surface area (Å²) in [4.78, 5) is 0. The fourth-order valence-electron chi connectivity index (χ4n) is 1.20. The molecule has 1 aliphatic rings. The van der Waals surface area contributed by atoms with Gasteiger partial charge in [-0.25, -0.2) is 0 Å². The van der Waals surface area contributed by atoms with Crippen LogP contribution >= 0.6 is 0 Å². The molecule has 0 radical (unpaired) electrons. The Morgan fingerprint density at radius 2 is 2.56 bits per heavy atom. The lowest BCUT2D eigenvalue weighted by Crippen LogP contribution is -2.00. The molecule has 1 rings (SSSR count). The molecule has 0 unspecified atom stereocenters. The molecule has 0 spiro atoms. The topological polar surface area (TPSA) is 0 Å². The molecule has 0 amide bonds. The molecule has 0 N–H and O–H groups in total. The van der Waals surface area contributed by atoms with E-state index in [1.54, 1.807) is 5.57 Å². The highest BCUT2D eigenvalue weighted by atomic mass is 14.1. The van der Waals surface area contributed by atoms with Crippen molar-refractivity contribution in [2.24, 2.45) is 5.92 Å². The zero-order valence-electron chi connectivity index (χ0n) is 6.06. The predicted molar refractivity (Wildman–Crippen MR) is 41.3 cm³/mol. The molecule has 0 nitrogen and oxygen atoms in total. The van der Waals surface area contributed by atoms with Crippen molar-refractivity contribution in [2.75, 3.05) is 0 Å². The van der Waals surface area contributed by atoms with Gasteiger partial charge in [-0.3, -0.25) is 0 Å². The van der Waals surface area contributed by atoms with E-state index in [1.165, 1.54) is 19.3 Å². The van der Waals surface area contributed by atoms with Crippen molar-refractivity contribution in [1.82, 2.24) is 0 Å². The quantitative estimate of drug-likeness (QED) is 0.469. The summed E-state index contributed by atoms with van der Waals surface area (Å²) in [6.45, 7) is 5.99. The zero-order chi connectivity index (χ0) is 6.69. The summed E-state index contributed by atoms with van der Waals surface area (Å²) in [5.41, 5.74) is 1.55. The molecule has 0 saturated heterocycles. The first-order chi connectivity index (χ1) is 4.33. The van der Waals surface area contributed by atoms with Crippen LogP contribution in [0.3, 0.4) is 0 Å². The molecule has 9 heavy (non-hydrogen) atoms. The summed E-state index contributed by atoms with van der Waals surface area (Å²) < 4.78 is 0. The van der Waals surface area contributed by atoms with Gasteiger partial charge in [0.25, 0.3) is 0 Å². The highest BCUT2D eigenvalue weighted by Crippen LogP contribution is 2.23. The standard InChI is InChI=1S/C9H14/c1-3-9-6-4-8(2)5-7-9/h3-4,9H,1,5-7H2,2H3/t9-/m1/s1. The Labute approximate surface area is 57.3 Å². The molecule has 0 fully saturated rings. The number of allylic oxidation sites excluding steroid dienone is 3. The molecular formula is C9H14. The summed E-state index contributed by atoms with van der Waals surface area (Å²) in [5.74, 6) is 0.758. The maximum atomic E-state index is 3.78. The smallest absolute Gasteiger partial charge is 0.0198 e. The lowest BCUT2D eigenvalue weighted by molar-refractivity contribution is 0.568. The lowest BCUT2D eigenvalue weighted by Gasteiger charge is -2.15. The SMILES string of the molecule is C=C[C@@H]1CC=C(C)CC1. The summed E-state index contributed by atoms with van der Waals surface area (Å²) in [5, 5.41) is 0. The van der Waals surface area contributed by atoms with Crippen LogP contribution in [0.25, 0.3) is 0 Å². The van der Waals surface area contributed by atoms with Gasteiger partial charge in [0.15, 0.2) is 0 Å². The molecule has 0 saturated carbocycles. The summed E-state index contributed by atoms with van der Waals surface area (Å²) >= 11 is 0. The normalized spacial score (nSPS) is 27.2. The molecule has 1 aliphatic carbocycles. The van der Waals surface area contributed by atoms with Crippen LogP contribution in [0, 0.1) is 5.92 Å². The second-order valence-electron chi connectivity index (χ2n) is 2.82. The molecule has 0 aliphatic heterocycles. The molecule has 0 heteroatoms. The number of hydrogen-bond acceptors (Lipinski definition) is 0. The molecule has 50 valence electrons. The first-order valence-electron chi connectivity index (χ1n) is 3.61. The Morgan fingerprint density at radius 1 is 1.78 bits per heavy atom. The van der Waals surface area contributed by atoms with Gasteiger partial charge in [-0.05, 0) is 32.1 Å². The van der Waals surface area contributed by atoms with E-state index in [-0.39, 0.29) is 0 Å². The second kappa shape index (κ2) is 2.86. The maximum Gasteiger partial charge on any atom is -0.0198 e. The average Bonchev–Trinajstić information content (AvgIpc) is 1.90. The van der Waals surface area contributed by atoms with Gasteiger partial charge in [-0.15, -0.1) is 6.58 Å². The molecule has 0 aromatic heterocycles. The van der Waals surface area contributed by atoms with Crippen molar-refractivity contribution in [1.29, 1.82) is 0 Å². The third-order valence-electron chi connectivity index (χ3n) is 2.01. The van der Waals surface area contributed by atoms with Crippen LogP contribution in [0.2, 0.25) is 0 Å². The molecule has 0 bridgehead atoms. The molecule has 0 aromatic rings. The third kappa shape index (κ3) is 1.70. The van der Waals surface area contributed by atoms with Crippen molar-refractivity contribution < 1.29 is 0 Å². The second-order valence-corrected chi connectivity index (χ2v) is 2.82. The van der Waals surface area contributed by atoms with Gasteiger partial charge in [0.05, 0.1) is 0 Å². The Morgan fingerprint density at radius 3 is 3.00 bits per heavy atom. The van der Waals surface area contributed by atoms with Gasteiger partial charge in [-0.2, -0.15) is 0 Å². The summed E-state index contributed by atoms with van der Waals surface area (Å²) in [6.07, 6.45) is 8.20. The van der Waals surface area contributed by atoms with E-state index >= 15 is 0 Å². The fraction of sp³-hybridized carbons (Fsp3) is 0.556. The van der Waals surface area contributed by atoms with Gasteiger partial charge in [0, 0.05) is 0 Å². The monoisotopic (exact) mass is 122 g/mol. The van der Waals surface area contributed by atoms with Crippen LogP contribution in [-0.2, 0) is 0 Å².